The molecule has 0 saturated carbocycles. The van der Waals surface area contributed by atoms with Crippen molar-refractivity contribution < 1.29 is 18.0 Å². The Morgan fingerprint density at radius 1 is 1.03 bits per heavy atom. The van der Waals surface area contributed by atoms with Gasteiger partial charge in [-0.15, -0.1) is 0 Å². The summed E-state index contributed by atoms with van der Waals surface area (Å²) in [6.07, 6.45) is 3.55. The molecule has 0 fully saturated rings. The van der Waals surface area contributed by atoms with Crippen LogP contribution in [0.25, 0.3) is 5.69 Å². The van der Waals surface area contributed by atoms with E-state index in [0.29, 0.717) is 12.1 Å². The molecule has 0 atom stereocenters. The van der Waals surface area contributed by atoms with Crippen molar-refractivity contribution in [3.05, 3.63) is 77.6 Å². The van der Waals surface area contributed by atoms with Crippen LogP contribution in [0.2, 0.25) is 0 Å². The maximum atomic E-state index is 12.4. The lowest BCUT2D eigenvalue weighted by Gasteiger charge is -2.08. The molecule has 1 aromatic heterocycles. The van der Waals surface area contributed by atoms with Gasteiger partial charge in [0.2, 0.25) is 15.9 Å². The number of nitrogens with one attached hydrogen (secondary N) is 2. The fourth-order valence-corrected chi connectivity index (χ4v) is 4.39. The third-order valence-electron chi connectivity index (χ3n) is 5.16. The summed E-state index contributed by atoms with van der Waals surface area (Å²) in [6.45, 7) is 3.80. The fourth-order valence-electron chi connectivity index (χ4n) is 3.31. The first-order valence-corrected chi connectivity index (χ1v) is 12.2. The molecule has 0 aliphatic heterocycles. The number of rotatable bonds is 11. The molecule has 2 N–H and O–H groups in total. The Labute approximate surface area is 194 Å². The molecule has 174 valence electrons. The lowest BCUT2D eigenvalue weighted by atomic mass is 10.1. The average molecular weight is 469 g/mol. The van der Waals surface area contributed by atoms with Gasteiger partial charge in [0.1, 0.15) is 0 Å². The maximum Gasteiger partial charge on any atom is 0.240 e. The van der Waals surface area contributed by atoms with Crippen LogP contribution in [0.4, 0.5) is 0 Å². The number of hydrogen-bond donors (Lipinski definition) is 2. The number of aryl methyl sites for hydroxylation is 2. The molecule has 0 unspecified atom stereocenters. The van der Waals surface area contributed by atoms with E-state index in [0.717, 1.165) is 29.8 Å². The fraction of sp³-hybridized carbons (Fsp3) is 0.292. The average Bonchev–Trinajstić information content (AvgIpc) is 3.17. The first-order valence-electron chi connectivity index (χ1n) is 10.7. The predicted molar refractivity (Wildman–Crippen MR) is 126 cm³/mol. The third kappa shape index (κ3) is 6.84. The molecule has 9 heteroatoms. The number of amides is 1. The van der Waals surface area contributed by atoms with Gasteiger partial charge in [0.05, 0.1) is 16.3 Å². The predicted octanol–water partition coefficient (Wildman–Crippen LogP) is 2.80. The number of nitrogens with zero attached hydrogens (tertiary/aromatic N) is 2. The molecule has 0 aliphatic carbocycles. The van der Waals surface area contributed by atoms with Gasteiger partial charge in [-0.05, 0) is 56.5 Å². The summed E-state index contributed by atoms with van der Waals surface area (Å²) >= 11 is 0. The number of aromatic nitrogens is 2. The van der Waals surface area contributed by atoms with E-state index in [1.165, 1.54) is 25.1 Å². The standard InChI is InChI=1S/C24H28N4O4S/c1-18-21(17-28(27-18)22-10-4-3-5-11-22)9-7-14-25-24(30)13-15-26-33(31,32)23-12-6-8-20(16-23)19(2)29/h3-6,8,10-12,16-17,26H,7,9,13-15H2,1-2H3,(H,25,30). The van der Waals surface area contributed by atoms with Gasteiger partial charge in [-0.1, -0.05) is 30.3 Å². The second-order valence-electron chi connectivity index (χ2n) is 7.71. The lowest BCUT2D eigenvalue weighted by Crippen LogP contribution is -2.31. The van der Waals surface area contributed by atoms with Gasteiger partial charge in [-0.3, -0.25) is 9.59 Å². The van der Waals surface area contributed by atoms with Crippen molar-refractivity contribution in [2.24, 2.45) is 0 Å². The number of carbonyl (C=O) groups excluding carboxylic acids is 2. The lowest BCUT2D eigenvalue weighted by molar-refractivity contribution is -0.120. The Hall–Kier alpha value is -3.30. The number of para-hydroxylation sites is 1. The third-order valence-corrected chi connectivity index (χ3v) is 6.62. The molecule has 1 heterocycles. The minimum absolute atomic E-state index is 0.00188. The first-order chi connectivity index (χ1) is 15.8. The maximum absolute atomic E-state index is 12.4. The molecule has 0 aliphatic rings. The Balaban J connectivity index is 1.40. The minimum Gasteiger partial charge on any atom is -0.356 e. The second-order valence-corrected chi connectivity index (χ2v) is 9.47. The highest BCUT2D eigenvalue weighted by molar-refractivity contribution is 7.89. The van der Waals surface area contributed by atoms with Gasteiger partial charge in [0.15, 0.2) is 5.78 Å². The number of carbonyl (C=O) groups is 2. The number of hydrogen-bond acceptors (Lipinski definition) is 5. The molecular weight excluding hydrogens is 440 g/mol. The molecule has 1 amide bonds. The van der Waals surface area contributed by atoms with Gasteiger partial charge < -0.3 is 5.32 Å². The van der Waals surface area contributed by atoms with E-state index < -0.39 is 10.0 Å². The molecule has 0 radical (unpaired) electrons. The van der Waals surface area contributed by atoms with Crippen LogP contribution in [-0.4, -0.2) is 43.0 Å². The number of ketones is 1. The van der Waals surface area contributed by atoms with Crippen LogP contribution >= 0.6 is 0 Å². The summed E-state index contributed by atoms with van der Waals surface area (Å²) in [7, 11) is -3.79. The van der Waals surface area contributed by atoms with Crippen LogP contribution in [0.15, 0.2) is 65.7 Å². The summed E-state index contributed by atoms with van der Waals surface area (Å²) in [5.74, 6) is -0.444. The van der Waals surface area contributed by atoms with Crippen molar-refractivity contribution in [3.63, 3.8) is 0 Å². The second kappa shape index (κ2) is 11.0. The van der Waals surface area contributed by atoms with E-state index >= 15 is 0 Å². The van der Waals surface area contributed by atoms with Gasteiger partial charge in [0, 0.05) is 31.3 Å². The molecule has 3 aromatic rings. The van der Waals surface area contributed by atoms with Crippen LogP contribution < -0.4 is 10.0 Å². The van der Waals surface area contributed by atoms with Crippen molar-refractivity contribution >= 4 is 21.7 Å². The van der Waals surface area contributed by atoms with Gasteiger partial charge >= 0.3 is 0 Å². The smallest absolute Gasteiger partial charge is 0.240 e. The Morgan fingerprint density at radius 2 is 1.79 bits per heavy atom. The highest BCUT2D eigenvalue weighted by atomic mass is 32.2. The van der Waals surface area contributed by atoms with E-state index in [2.05, 4.69) is 15.1 Å². The van der Waals surface area contributed by atoms with Crippen LogP contribution in [-0.2, 0) is 21.2 Å². The summed E-state index contributed by atoms with van der Waals surface area (Å²) < 4.78 is 29.0. The van der Waals surface area contributed by atoms with E-state index in [-0.39, 0.29) is 29.6 Å². The largest absolute Gasteiger partial charge is 0.356 e. The number of sulfonamides is 1. The van der Waals surface area contributed by atoms with E-state index in [1.807, 2.05) is 48.1 Å². The molecule has 0 bridgehead atoms. The van der Waals surface area contributed by atoms with Crippen molar-refractivity contribution in [3.8, 4) is 5.69 Å². The van der Waals surface area contributed by atoms with Crippen molar-refractivity contribution in [2.75, 3.05) is 13.1 Å². The summed E-state index contributed by atoms with van der Waals surface area (Å²) in [5.41, 5.74) is 3.39. The van der Waals surface area contributed by atoms with Crippen molar-refractivity contribution in [2.45, 2.75) is 38.0 Å². The zero-order chi connectivity index (χ0) is 23.8. The van der Waals surface area contributed by atoms with Crippen LogP contribution in [0, 0.1) is 6.92 Å². The summed E-state index contributed by atoms with van der Waals surface area (Å²) in [6, 6.07) is 15.7. The minimum atomic E-state index is -3.79. The van der Waals surface area contributed by atoms with Gasteiger partial charge in [0.25, 0.3) is 0 Å². The topological polar surface area (TPSA) is 110 Å². The Kier molecular flexibility index (Phi) is 8.13. The number of benzene rings is 2. The quantitative estimate of drug-likeness (QED) is 0.332. The molecule has 2 aromatic carbocycles. The SMILES string of the molecule is CC(=O)c1cccc(S(=O)(=O)NCCC(=O)NCCCc2cn(-c3ccccc3)nc2C)c1. The molecule has 0 spiro atoms. The van der Waals surface area contributed by atoms with Crippen LogP contribution in [0.3, 0.4) is 0 Å². The zero-order valence-electron chi connectivity index (χ0n) is 18.7. The van der Waals surface area contributed by atoms with Crippen molar-refractivity contribution in [1.82, 2.24) is 19.8 Å². The molecule has 8 nitrogen and oxygen atoms in total. The van der Waals surface area contributed by atoms with Gasteiger partial charge in [-0.25, -0.2) is 17.8 Å². The molecule has 0 saturated heterocycles. The normalized spacial score (nSPS) is 11.3. The molecular formula is C24H28N4O4S. The van der Waals surface area contributed by atoms with Crippen molar-refractivity contribution in [1.29, 1.82) is 0 Å². The highest BCUT2D eigenvalue weighted by Crippen LogP contribution is 2.14. The van der Waals surface area contributed by atoms with E-state index in [4.69, 9.17) is 0 Å². The van der Waals surface area contributed by atoms with E-state index in [9.17, 15) is 18.0 Å². The monoisotopic (exact) mass is 468 g/mol. The van der Waals surface area contributed by atoms with Crippen LogP contribution in [0.5, 0.6) is 0 Å². The Morgan fingerprint density at radius 3 is 2.52 bits per heavy atom. The number of Topliss-reactive ketones (excluding diaryl/α,β-unsaturated/α-hetero) is 1. The zero-order valence-corrected chi connectivity index (χ0v) is 19.6. The first kappa shape index (κ1) is 24.3. The highest BCUT2D eigenvalue weighted by Gasteiger charge is 2.15. The summed E-state index contributed by atoms with van der Waals surface area (Å²) in [5, 5.41) is 7.36. The van der Waals surface area contributed by atoms with E-state index in [1.54, 1.807) is 6.07 Å². The van der Waals surface area contributed by atoms with Crippen LogP contribution in [0.1, 0.15) is 41.4 Å². The Bertz CT molecular complexity index is 1220. The summed E-state index contributed by atoms with van der Waals surface area (Å²) in [4.78, 5) is 23.5. The van der Waals surface area contributed by atoms with Gasteiger partial charge in [-0.2, -0.15) is 5.10 Å². The molecule has 33 heavy (non-hydrogen) atoms. The molecule has 3 rings (SSSR count).